The first-order chi connectivity index (χ1) is 17.4. The third-order valence-electron chi connectivity index (χ3n) is 6.13. The number of ether oxygens (including phenoxy) is 1. The Morgan fingerprint density at radius 2 is 2.08 bits per heavy atom. The highest BCUT2D eigenvalue weighted by atomic mass is 19.1. The van der Waals surface area contributed by atoms with Gasteiger partial charge in [-0.3, -0.25) is 9.48 Å². The van der Waals surface area contributed by atoms with Crippen molar-refractivity contribution in [2.24, 2.45) is 5.92 Å². The molecule has 3 heterocycles. The summed E-state index contributed by atoms with van der Waals surface area (Å²) >= 11 is 0. The molecule has 2 N–H and O–H groups in total. The second kappa shape index (κ2) is 9.88. The molecule has 9 nitrogen and oxygen atoms in total. The quantitative estimate of drug-likeness (QED) is 0.344. The zero-order valence-corrected chi connectivity index (χ0v) is 20.5. The molecule has 0 saturated heterocycles. The summed E-state index contributed by atoms with van der Waals surface area (Å²) in [4.78, 5) is 26.0. The van der Waals surface area contributed by atoms with Crippen molar-refractivity contribution in [3.05, 3.63) is 65.4 Å². The van der Waals surface area contributed by atoms with Crippen molar-refractivity contribution in [2.45, 2.75) is 46.2 Å². The number of fused-ring (bicyclic) bond motifs is 1. The molecule has 36 heavy (non-hydrogen) atoms. The molecule has 1 aliphatic carbocycles. The van der Waals surface area contributed by atoms with Gasteiger partial charge < -0.3 is 15.4 Å². The molecule has 0 radical (unpaired) electrons. The number of hydrogen-bond donors (Lipinski definition) is 2. The summed E-state index contributed by atoms with van der Waals surface area (Å²) in [6, 6.07) is 5.78. The van der Waals surface area contributed by atoms with Crippen molar-refractivity contribution in [1.29, 1.82) is 0 Å². The molecule has 1 aromatic carbocycles. The van der Waals surface area contributed by atoms with Crippen LogP contribution in [0.25, 0.3) is 11.2 Å². The van der Waals surface area contributed by atoms with Crippen LogP contribution in [0.15, 0.2) is 42.9 Å². The highest BCUT2D eigenvalue weighted by Crippen LogP contribution is 2.30. The van der Waals surface area contributed by atoms with Gasteiger partial charge in [-0.05, 0) is 63.8 Å². The molecule has 1 amide bonds. The Balaban J connectivity index is 1.27. The van der Waals surface area contributed by atoms with Crippen molar-refractivity contribution in [2.75, 3.05) is 17.2 Å². The van der Waals surface area contributed by atoms with Gasteiger partial charge in [0.25, 0.3) is 5.91 Å². The Labute approximate surface area is 208 Å². The number of amides is 1. The minimum atomic E-state index is -0.436. The first-order valence-corrected chi connectivity index (χ1v) is 12.1. The molecule has 0 aliphatic heterocycles. The second-order valence-corrected chi connectivity index (χ2v) is 9.11. The van der Waals surface area contributed by atoms with Crippen LogP contribution in [0.1, 0.15) is 54.2 Å². The summed E-state index contributed by atoms with van der Waals surface area (Å²) in [6.45, 7) is 7.04. The molecule has 0 bridgehead atoms. The summed E-state index contributed by atoms with van der Waals surface area (Å²) in [7, 11) is 0. The molecule has 5 rings (SSSR count). The average Bonchev–Trinajstić information content (AvgIpc) is 3.61. The van der Waals surface area contributed by atoms with E-state index in [0.717, 1.165) is 12.1 Å². The number of hydrogen-bond acceptors (Lipinski definition) is 7. The van der Waals surface area contributed by atoms with E-state index < -0.39 is 11.9 Å². The van der Waals surface area contributed by atoms with Gasteiger partial charge in [0.05, 0.1) is 30.6 Å². The number of carbonyl (C=O) groups excluding carboxylic acids is 1. The van der Waals surface area contributed by atoms with Crippen LogP contribution in [0.4, 0.5) is 15.9 Å². The lowest BCUT2D eigenvalue weighted by Crippen LogP contribution is -2.15. The van der Waals surface area contributed by atoms with E-state index in [0.29, 0.717) is 52.2 Å². The van der Waals surface area contributed by atoms with Gasteiger partial charge in [0.15, 0.2) is 0 Å². The highest BCUT2D eigenvalue weighted by Gasteiger charge is 2.22. The standard InChI is InChI=1S/C26H28FN7O2/c1-4-34-13-22-24(33-34)32-23(12-28-22)30-16(3)20-10-19(7-8-21(20)27)31-25(35)18-9-15(2)26(29-11-18)36-14-17-5-6-17/h7-13,16-17H,4-6,14H2,1-3H3,(H,31,35)(H,30,32,33)/t16-/m0/s1. The molecule has 186 valence electrons. The van der Waals surface area contributed by atoms with Gasteiger partial charge in [0, 0.05) is 29.6 Å². The molecule has 1 saturated carbocycles. The van der Waals surface area contributed by atoms with Crippen molar-refractivity contribution in [3.8, 4) is 5.88 Å². The minimum absolute atomic E-state index is 0.333. The Bertz CT molecular complexity index is 1420. The van der Waals surface area contributed by atoms with Crippen LogP contribution in [0, 0.1) is 18.7 Å². The summed E-state index contributed by atoms with van der Waals surface area (Å²) < 4.78 is 22.2. The maximum atomic E-state index is 14.7. The van der Waals surface area contributed by atoms with E-state index in [-0.39, 0.29) is 5.91 Å². The third-order valence-corrected chi connectivity index (χ3v) is 6.13. The Morgan fingerprint density at radius 1 is 1.25 bits per heavy atom. The highest BCUT2D eigenvalue weighted by molar-refractivity contribution is 6.04. The van der Waals surface area contributed by atoms with Crippen LogP contribution in [-0.2, 0) is 6.54 Å². The van der Waals surface area contributed by atoms with Gasteiger partial charge in [0.2, 0.25) is 11.5 Å². The summed E-state index contributed by atoms with van der Waals surface area (Å²) in [6.07, 6.45) is 7.30. The molecule has 1 fully saturated rings. The molecular formula is C26H28FN7O2. The summed E-state index contributed by atoms with van der Waals surface area (Å²) in [5.74, 6) is 0.918. The molecule has 3 aromatic heterocycles. The number of aromatic nitrogens is 5. The number of rotatable bonds is 9. The van der Waals surface area contributed by atoms with Crippen molar-refractivity contribution in [1.82, 2.24) is 24.7 Å². The lowest BCUT2D eigenvalue weighted by molar-refractivity contribution is 0.102. The number of benzene rings is 1. The Hall–Kier alpha value is -4.08. The van der Waals surface area contributed by atoms with Gasteiger partial charge in [-0.1, -0.05) is 0 Å². The largest absolute Gasteiger partial charge is 0.477 e. The van der Waals surface area contributed by atoms with E-state index in [4.69, 9.17) is 4.74 Å². The topological polar surface area (TPSA) is 107 Å². The minimum Gasteiger partial charge on any atom is -0.477 e. The molecule has 1 atom stereocenters. The number of halogens is 1. The molecule has 10 heteroatoms. The summed E-state index contributed by atoms with van der Waals surface area (Å²) in [5.41, 5.74) is 3.26. The van der Waals surface area contributed by atoms with Crippen LogP contribution < -0.4 is 15.4 Å². The van der Waals surface area contributed by atoms with Gasteiger partial charge in [-0.25, -0.2) is 19.3 Å². The van der Waals surface area contributed by atoms with Gasteiger partial charge in [-0.15, -0.1) is 0 Å². The number of carbonyl (C=O) groups is 1. The first-order valence-electron chi connectivity index (χ1n) is 12.1. The summed E-state index contributed by atoms with van der Waals surface area (Å²) in [5, 5.41) is 10.4. The fraction of sp³-hybridized carbons (Fsp3) is 0.346. The van der Waals surface area contributed by atoms with Crippen LogP contribution in [-0.4, -0.2) is 37.2 Å². The van der Waals surface area contributed by atoms with Crippen molar-refractivity contribution >= 4 is 28.6 Å². The Morgan fingerprint density at radius 3 is 2.83 bits per heavy atom. The number of nitrogens with one attached hydrogen (secondary N) is 2. The maximum Gasteiger partial charge on any atom is 0.257 e. The van der Waals surface area contributed by atoms with Gasteiger partial charge >= 0.3 is 0 Å². The predicted molar refractivity (Wildman–Crippen MR) is 135 cm³/mol. The van der Waals surface area contributed by atoms with Crippen LogP contribution >= 0.6 is 0 Å². The van der Waals surface area contributed by atoms with E-state index in [2.05, 4.69) is 30.7 Å². The lowest BCUT2D eigenvalue weighted by Gasteiger charge is -2.17. The SMILES string of the molecule is CCn1cc2ncc(N[C@@H](C)c3cc(NC(=O)c4cnc(OCC5CC5)c(C)c4)ccc3F)nc2n1. The fourth-order valence-electron chi connectivity index (χ4n) is 3.85. The zero-order valence-electron chi connectivity index (χ0n) is 20.5. The molecule has 1 aliphatic rings. The van der Waals surface area contributed by atoms with Gasteiger partial charge in [0.1, 0.15) is 17.2 Å². The van der Waals surface area contributed by atoms with E-state index in [1.807, 2.05) is 27.0 Å². The second-order valence-electron chi connectivity index (χ2n) is 9.11. The van der Waals surface area contributed by atoms with Crippen LogP contribution in [0.2, 0.25) is 0 Å². The van der Waals surface area contributed by atoms with Crippen LogP contribution in [0.3, 0.4) is 0 Å². The third kappa shape index (κ3) is 5.27. The van der Waals surface area contributed by atoms with Crippen LogP contribution in [0.5, 0.6) is 5.88 Å². The Kier molecular flexibility index (Phi) is 6.49. The smallest absolute Gasteiger partial charge is 0.257 e. The van der Waals surface area contributed by atoms with Crippen molar-refractivity contribution < 1.29 is 13.9 Å². The predicted octanol–water partition coefficient (Wildman–Crippen LogP) is 4.90. The molecule has 0 unspecified atom stereocenters. The number of nitrogens with zero attached hydrogens (tertiary/aromatic N) is 5. The molecule has 4 aromatic rings. The van der Waals surface area contributed by atoms with E-state index >= 15 is 0 Å². The number of pyridine rings is 1. The van der Waals surface area contributed by atoms with E-state index in [9.17, 15) is 9.18 Å². The fourth-order valence-corrected chi connectivity index (χ4v) is 3.85. The molecule has 0 spiro atoms. The van der Waals surface area contributed by atoms with E-state index in [1.54, 1.807) is 23.0 Å². The van der Waals surface area contributed by atoms with E-state index in [1.165, 1.54) is 31.2 Å². The molecular weight excluding hydrogens is 461 g/mol. The zero-order chi connectivity index (χ0) is 25.2. The normalized spacial score (nSPS) is 14.0. The van der Waals surface area contributed by atoms with Gasteiger partial charge in [-0.2, -0.15) is 5.10 Å². The van der Waals surface area contributed by atoms with Crippen molar-refractivity contribution in [3.63, 3.8) is 0 Å². The first kappa shape index (κ1) is 23.7. The number of anilines is 2. The average molecular weight is 490 g/mol. The monoisotopic (exact) mass is 489 g/mol. The maximum absolute atomic E-state index is 14.7. The lowest BCUT2D eigenvalue weighted by atomic mass is 10.1. The number of aryl methyl sites for hydroxylation is 2.